The molecule has 0 atom stereocenters. The summed E-state index contributed by atoms with van der Waals surface area (Å²) in [5, 5.41) is 29.7. The molecule has 0 unspecified atom stereocenters. The number of ether oxygens (including phenoxy) is 1. The van der Waals surface area contributed by atoms with Crippen LogP contribution in [0.1, 0.15) is 61.0 Å². The molecule has 0 bridgehead atoms. The van der Waals surface area contributed by atoms with E-state index in [1.54, 1.807) is 30.3 Å². The summed E-state index contributed by atoms with van der Waals surface area (Å²) in [6.07, 6.45) is 6.26. The molecule has 0 spiro atoms. The van der Waals surface area contributed by atoms with Gasteiger partial charge >= 0.3 is 12.0 Å². The number of benzene rings is 3. The zero-order chi connectivity index (χ0) is 35.9. The Balaban J connectivity index is 1.11. The molecule has 51 heavy (non-hydrogen) atoms. The van der Waals surface area contributed by atoms with Crippen LogP contribution in [0, 0.1) is 0 Å². The number of aromatic nitrogens is 2. The van der Waals surface area contributed by atoms with Gasteiger partial charge in [0.2, 0.25) is 5.06 Å². The molecule has 6 rings (SSSR count). The van der Waals surface area contributed by atoms with Crippen molar-refractivity contribution in [2.45, 2.75) is 64.6 Å². The number of nitrogens with one attached hydrogen (secondary N) is 3. The van der Waals surface area contributed by atoms with Crippen molar-refractivity contribution in [3.05, 3.63) is 95.8 Å². The SMILES string of the molecule is CCC(CC)NC(=O)Nc1ccc(Oc2cnc(NC(=O)c3ccc(-n4cc(CN5CCC(O)CC5)c5ccccc54)cc3)s2)c(CC(=O)O)c1. The number of piperidine rings is 1. The third-order valence-corrected chi connectivity index (χ3v) is 9.84. The van der Waals surface area contributed by atoms with Crippen molar-refractivity contribution in [2.75, 3.05) is 23.7 Å². The number of aliphatic hydroxyl groups excluding tert-OH is 1. The molecule has 1 fully saturated rings. The highest BCUT2D eigenvalue weighted by atomic mass is 32.1. The van der Waals surface area contributed by atoms with Crippen LogP contribution in [0.4, 0.5) is 15.6 Å². The van der Waals surface area contributed by atoms with Crippen LogP contribution in [-0.4, -0.2) is 67.8 Å². The minimum absolute atomic E-state index is 0.0398. The minimum Gasteiger partial charge on any atom is -0.481 e. The van der Waals surface area contributed by atoms with Gasteiger partial charge < -0.3 is 30.2 Å². The lowest BCUT2D eigenvalue weighted by atomic mass is 10.1. The number of nitrogens with zero attached hydrogens (tertiary/aromatic N) is 3. The van der Waals surface area contributed by atoms with Gasteiger partial charge in [0.05, 0.1) is 24.2 Å². The molecule has 5 N–H and O–H groups in total. The predicted octanol–water partition coefficient (Wildman–Crippen LogP) is 7.03. The Kier molecular flexibility index (Phi) is 11.3. The number of aliphatic hydroxyl groups is 1. The molecule has 2 aromatic heterocycles. The monoisotopic (exact) mass is 710 g/mol. The maximum atomic E-state index is 13.2. The standard InChI is InChI=1S/C38H42N6O6S/c1-3-27(4-2)40-37(49)41-28-11-14-33(25(19-28)20-34(46)47)50-35-21-39-38(51-35)42-36(48)24-9-12-29(13-10-24)44-23-26(31-7-5-6-8-32(31)44)22-43-17-15-30(45)16-18-43/h5-14,19,21,23,27,30,45H,3-4,15-18,20,22H2,1-2H3,(H,46,47)(H,39,42,48)(H2,40,41,49). The number of amides is 3. The van der Waals surface area contributed by atoms with E-state index in [9.17, 15) is 24.6 Å². The van der Waals surface area contributed by atoms with Crippen molar-refractivity contribution >= 4 is 51.0 Å². The van der Waals surface area contributed by atoms with Crippen LogP contribution in [0.3, 0.4) is 0 Å². The van der Waals surface area contributed by atoms with Gasteiger partial charge in [0.1, 0.15) is 5.75 Å². The molecular weight excluding hydrogens is 669 g/mol. The number of anilines is 2. The number of carbonyl (C=O) groups is 3. The van der Waals surface area contributed by atoms with Crippen LogP contribution in [0.25, 0.3) is 16.6 Å². The third kappa shape index (κ3) is 8.92. The van der Waals surface area contributed by atoms with E-state index in [-0.39, 0.29) is 30.5 Å². The smallest absolute Gasteiger partial charge is 0.319 e. The van der Waals surface area contributed by atoms with Gasteiger partial charge in [-0.1, -0.05) is 43.4 Å². The van der Waals surface area contributed by atoms with Gasteiger partial charge in [-0.05, 0) is 79.8 Å². The van der Waals surface area contributed by atoms with E-state index in [0.717, 1.165) is 67.9 Å². The Labute approximate surface area is 300 Å². The second-order valence-corrected chi connectivity index (χ2v) is 13.6. The van der Waals surface area contributed by atoms with E-state index in [2.05, 4.69) is 48.7 Å². The summed E-state index contributed by atoms with van der Waals surface area (Å²) in [4.78, 5) is 43.9. The van der Waals surface area contributed by atoms with Gasteiger partial charge in [0.15, 0.2) is 5.13 Å². The number of fused-ring (bicyclic) bond motifs is 1. The molecular formula is C38H42N6O6S. The summed E-state index contributed by atoms with van der Waals surface area (Å²) in [5.41, 5.74) is 4.49. The van der Waals surface area contributed by atoms with Gasteiger partial charge in [-0.2, -0.15) is 0 Å². The van der Waals surface area contributed by atoms with E-state index in [1.807, 2.05) is 38.1 Å². The molecule has 1 aliphatic rings. The molecule has 3 aromatic carbocycles. The average Bonchev–Trinajstić information content (AvgIpc) is 3.73. The highest BCUT2D eigenvalue weighted by Crippen LogP contribution is 2.34. The lowest BCUT2D eigenvalue weighted by molar-refractivity contribution is -0.136. The van der Waals surface area contributed by atoms with Crippen molar-refractivity contribution in [3.8, 4) is 16.5 Å². The Morgan fingerprint density at radius 2 is 1.73 bits per heavy atom. The highest BCUT2D eigenvalue weighted by Gasteiger charge is 2.20. The summed E-state index contributed by atoms with van der Waals surface area (Å²) in [5.74, 6) is -1.08. The normalized spacial score (nSPS) is 13.7. The van der Waals surface area contributed by atoms with Crippen LogP contribution in [0.15, 0.2) is 79.1 Å². The largest absolute Gasteiger partial charge is 0.481 e. The van der Waals surface area contributed by atoms with Gasteiger partial charge in [-0.3, -0.25) is 19.8 Å². The summed E-state index contributed by atoms with van der Waals surface area (Å²) >= 11 is 1.11. The molecule has 0 aliphatic carbocycles. The maximum absolute atomic E-state index is 13.2. The second kappa shape index (κ2) is 16.2. The molecule has 0 saturated carbocycles. The number of carbonyl (C=O) groups excluding carboxylic acids is 2. The molecule has 0 radical (unpaired) electrons. The topological polar surface area (TPSA) is 158 Å². The highest BCUT2D eigenvalue weighted by molar-refractivity contribution is 7.17. The third-order valence-electron chi connectivity index (χ3n) is 9.05. The van der Waals surface area contributed by atoms with Crippen molar-refractivity contribution in [1.82, 2.24) is 19.8 Å². The summed E-state index contributed by atoms with van der Waals surface area (Å²) in [6.45, 7) is 6.53. The molecule has 3 heterocycles. The first-order chi connectivity index (χ1) is 24.7. The van der Waals surface area contributed by atoms with Gasteiger partial charge in [-0.15, -0.1) is 0 Å². The fraction of sp³-hybridized carbons (Fsp3) is 0.316. The Morgan fingerprint density at radius 1 is 0.980 bits per heavy atom. The van der Waals surface area contributed by atoms with Crippen LogP contribution in [-0.2, 0) is 17.8 Å². The van der Waals surface area contributed by atoms with Crippen molar-refractivity contribution in [2.24, 2.45) is 0 Å². The zero-order valence-corrected chi connectivity index (χ0v) is 29.4. The number of urea groups is 1. The first kappa shape index (κ1) is 35.6. The predicted molar refractivity (Wildman–Crippen MR) is 198 cm³/mol. The van der Waals surface area contributed by atoms with Crippen molar-refractivity contribution in [1.29, 1.82) is 0 Å². The number of carboxylic acids is 1. The van der Waals surface area contributed by atoms with Gasteiger partial charge in [-0.25, -0.2) is 9.78 Å². The van der Waals surface area contributed by atoms with Gasteiger partial charge in [0.25, 0.3) is 5.91 Å². The Morgan fingerprint density at radius 3 is 2.45 bits per heavy atom. The molecule has 266 valence electrons. The van der Waals surface area contributed by atoms with Crippen molar-refractivity contribution < 1.29 is 29.3 Å². The van der Waals surface area contributed by atoms with E-state index in [1.165, 1.54) is 17.1 Å². The molecule has 3 amide bonds. The molecule has 1 aliphatic heterocycles. The number of aliphatic carboxylic acids is 1. The quantitative estimate of drug-likeness (QED) is 0.0872. The molecule has 12 nitrogen and oxygen atoms in total. The number of thiazole rings is 1. The first-order valence-corrected chi connectivity index (χ1v) is 18.0. The number of rotatable bonds is 13. The Bertz CT molecular complexity index is 2000. The minimum atomic E-state index is -1.05. The number of carboxylic acid groups (broad SMARTS) is 1. The number of likely N-dealkylation sites (tertiary alicyclic amines) is 1. The molecule has 5 aromatic rings. The summed E-state index contributed by atoms with van der Waals surface area (Å²) in [6, 6.07) is 20.1. The van der Waals surface area contributed by atoms with Crippen LogP contribution in [0.5, 0.6) is 10.8 Å². The zero-order valence-electron chi connectivity index (χ0n) is 28.6. The van der Waals surface area contributed by atoms with Crippen LogP contribution in [0.2, 0.25) is 0 Å². The fourth-order valence-electron chi connectivity index (χ4n) is 6.23. The van der Waals surface area contributed by atoms with Gasteiger partial charge in [0, 0.05) is 59.8 Å². The van der Waals surface area contributed by atoms with E-state index in [4.69, 9.17) is 4.74 Å². The maximum Gasteiger partial charge on any atom is 0.319 e. The molecule has 13 heteroatoms. The van der Waals surface area contributed by atoms with Crippen molar-refractivity contribution in [3.63, 3.8) is 0 Å². The van der Waals surface area contributed by atoms with E-state index < -0.39 is 5.97 Å². The molecule has 1 saturated heterocycles. The fourth-order valence-corrected chi connectivity index (χ4v) is 6.90. The van der Waals surface area contributed by atoms with Crippen LogP contribution < -0.4 is 20.7 Å². The summed E-state index contributed by atoms with van der Waals surface area (Å²) < 4.78 is 8.13. The first-order valence-electron chi connectivity index (χ1n) is 17.2. The second-order valence-electron chi connectivity index (χ2n) is 12.6. The van der Waals surface area contributed by atoms with E-state index in [0.29, 0.717) is 32.8 Å². The van der Waals surface area contributed by atoms with E-state index >= 15 is 0 Å². The number of hydrogen-bond acceptors (Lipinski definition) is 8. The lowest BCUT2D eigenvalue weighted by Gasteiger charge is -2.29. The Hall–Kier alpha value is -5.24. The average molecular weight is 711 g/mol. The van der Waals surface area contributed by atoms with Crippen LogP contribution >= 0.6 is 11.3 Å². The number of para-hydroxylation sites is 1. The summed E-state index contributed by atoms with van der Waals surface area (Å²) in [7, 11) is 0. The number of hydrogen-bond donors (Lipinski definition) is 5. The lowest BCUT2D eigenvalue weighted by Crippen LogP contribution is -2.37.